The van der Waals surface area contributed by atoms with Gasteiger partial charge in [0.25, 0.3) is 10.0 Å². The summed E-state index contributed by atoms with van der Waals surface area (Å²) in [6, 6.07) is 18.2. The van der Waals surface area contributed by atoms with E-state index in [0.29, 0.717) is 35.2 Å². The van der Waals surface area contributed by atoms with Crippen molar-refractivity contribution in [2.75, 3.05) is 40.9 Å². The molecular weight excluding hydrogens is 506 g/mol. The minimum atomic E-state index is -3.86. The zero-order chi connectivity index (χ0) is 26.3. The number of hydrogen-bond acceptors (Lipinski definition) is 7. The number of carbonyl (C=O) groups excluding carboxylic acids is 1. The third-order valence-corrected chi connectivity index (χ3v) is 7.45. The summed E-state index contributed by atoms with van der Waals surface area (Å²) in [6.07, 6.45) is 1.01. The average molecular weight is 534 g/mol. The lowest BCUT2D eigenvalue weighted by atomic mass is 10.3. The molecule has 0 saturated carbocycles. The van der Waals surface area contributed by atoms with E-state index in [-0.39, 0.29) is 4.90 Å². The van der Waals surface area contributed by atoms with Gasteiger partial charge >= 0.3 is 0 Å². The van der Waals surface area contributed by atoms with Gasteiger partial charge in [0.1, 0.15) is 18.0 Å². The fraction of sp³-hybridized carbons (Fsp3) is 0.208. The predicted octanol–water partition coefficient (Wildman–Crippen LogP) is 3.30. The third kappa shape index (κ3) is 7.12. The van der Waals surface area contributed by atoms with Crippen molar-refractivity contribution >= 4 is 43.0 Å². The molecule has 0 bridgehead atoms. The Bertz CT molecular complexity index is 1390. The molecule has 0 radical (unpaired) electrons. The van der Waals surface area contributed by atoms with Gasteiger partial charge in [-0.05, 0) is 79.7 Å². The van der Waals surface area contributed by atoms with Crippen LogP contribution in [-0.4, -0.2) is 49.3 Å². The van der Waals surface area contributed by atoms with Crippen LogP contribution < -0.4 is 23.8 Å². The molecule has 0 fully saturated rings. The Morgan fingerprint density at radius 3 is 1.92 bits per heavy atom. The number of methoxy groups -OCH3 is 1. The van der Waals surface area contributed by atoms with Crippen LogP contribution in [0.4, 0.5) is 17.1 Å². The Hall–Kier alpha value is -3.77. The zero-order valence-corrected chi connectivity index (χ0v) is 21.6. The van der Waals surface area contributed by atoms with Gasteiger partial charge < -0.3 is 14.8 Å². The number of carbonyl (C=O) groups is 1. The van der Waals surface area contributed by atoms with Gasteiger partial charge in [-0.2, -0.15) is 0 Å². The second-order valence-electron chi connectivity index (χ2n) is 7.60. The molecule has 0 saturated heterocycles. The van der Waals surface area contributed by atoms with Gasteiger partial charge in [-0.1, -0.05) is 0 Å². The van der Waals surface area contributed by atoms with Crippen molar-refractivity contribution < 1.29 is 31.1 Å². The summed E-state index contributed by atoms with van der Waals surface area (Å²) in [4.78, 5) is 12.6. The first-order chi connectivity index (χ1) is 17.0. The maximum Gasteiger partial charge on any atom is 0.261 e. The number of rotatable bonds is 11. The molecule has 3 rings (SSSR count). The van der Waals surface area contributed by atoms with E-state index in [0.717, 1.165) is 10.6 Å². The van der Waals surface area contributed by atoms with Gasteiger partial charge in [0, 0.05) is 11.4 Å². The monoisotopic (exact) mass is 533 g/mol. The lowest BCUT2D eigenvalue weighted by Crippen LogP contribution is -2.37. The number of hydrogen-bond donors (Lipinski definition) is 2. The maximum absolute atomic E-state index is 12.7. The molecule has 1 amide bonds. The van der Waals surface area contributed by atoms with Crippen LogP contribution in [0.5, 0.6) is 11.5 Å². The fourth-order valence-corrected chi connectivity index (χ4v) is 5.11. The highest BCUT2D eigenvalue weighted by Crippen LogP contribution is 2.23. The van der Waals surface area contributed by atoms with Crippen LogP contribution in [0, 0.1) is 0 Å². The summed E-state index contributed by atoms with van der Waals surface area (Å²) in [6.45, 7) is 1.83. The van der Waals surface area contributed by atoms with Crippen LogP contribution >= 0.6 is 0 Å². The van der Waals surface area contributed by atoms with Crippen molar-refractivity contribution in [1.82, 2.24) is 0 Å². The van der Waals surface area contributed by atoms with E-state index in [1.54, 1.807) is 48.5 Å². The topological polar surface area (TPSA) is 131 Å². The van der Waals surface area contributed by atoms with Crippen LogP contribution in [0.1, 0.15) is 6.92 Å². The van der Waals surface area contributed by atoms with E-state index < -0.39 is 32.5 Å². The highest BCUT2D eigenvalue weighted by atomic mass is 32.2. The lowest BCUT2D eigenvalue weighted by Gasteiger charge is -2.22. The van der Waals surface area contributed by atoms with Crippen LogP contribution in [-0.2, 0) is 24.8 Å². The summed E-state index contributed by atoms with van der Waals surface area (Å²) < 4.78 is 63.8. The number of nitrogens with zero attached hydrogens (tertiary/aromatic N) is 1. The second-order valence-corrected chi connectivity index (χ2v) is 11.2. The highest BCUT2D eigenvalue weighted by molar-refractivity contribution is 7.92. The predicted molar refractivity (Wildman–Crippen MR) is 139 cm³/mol. The SMILES string of the molecule is CCOc1ccc(N(CC(=O)Nc2ccc(S(=O)(=O)Nc3ccc(OC)cc3)cc2)S(C)(=O)=O)cc1. The zero-order valence-electron chi connectivity index (χ0n) is 20.0. The van der Waals surface area contributed by atoms with E-state index in [9.17, 15) is 21.6 Å². The Labute approximate surface area is 211 Å². The van der Waals surface area contributed by atoms with Gasteiger partial charge in [0.05, 0.1) is 30.6 Å². The summed E-state index contributed by atoms with van der Waals surface area (Å²) >= 11 is 0. The van der Waals surface area contributed by atoms with Crippen LogP contribution in [0.25, 0.3) is 0 Å². The molecule has 0 aromatic heterocycles. The van der Waals surface area contributed by atoms with E-state index in [1.165, 1.54) is 31.4 Å². The smallest absolute Gasteiger partial charge is 0.261 e. The molecule has 3 aromatic carbocycles. The Morgan fingerprint density at radius 1 is 0.833 bits per heavy atom. The molecular formula is C24H27N3O7S2. The normalized spacial score (nSPS) is 11.4. The second kappa shape index (κ2) is 11.3. The van der Waals surface area contributed by atoms with E-state index in [4.69, 9.17) is 9.47 Å². The Morgan fingerprint density at radius 2 is 1.39 bits per heavy atom. The standard InChI is InChI=1S/C24H27N3O7S2/c1-4-34-22-13-9-20(10-14-22)27(35(3,29)30)17-24(28)25-18-7-15-23(16-8-18)36(31,32)26-19-5-11-21(33-2)12-6-19/h5-16,26H,4,17H2,1-3H3,(H,25,28). The van der Waals surface area contributed by atoms with Gasteiger partial charge in [-0.3, -0.25) is 13.8 Å². The summed E-state index contributed by atoms with van der Waals surface area (Å²) in [5.74, 6) is 0.576. The molecule has 0 aliphatic rings. The number of sulfonamides is 2. The molecule has 12 heteroatoms. The van der Waals surface area contributed by atoms with Crippen molar-refractivity contribution in [3.05, 3.63) is 72.8 Å². The third-order valence-electron chi connectivity index (χ3n) is 4.91. The molecule has 0 heterocycles. The first-order valence-corrected chi connectivity index (χ1v) is 14.1. The van der Waals surface area contributed by atoms with E-state index >= 15 is 0 Å². The summed E-state index contributed by atoms with van der Waals surface area (Å²) in [5.41, 5.74) is 0.981. The van der Waals surface area contributed by atoms with Gasteiger partial charge in [-0.25, -0.2) is 16.8 Å². The Kier molecular flexibility index (Phi) is 8.43. The molecule has 0 unspecified atom stereocenters. The number of benzene rings is 3. The number of ether oxygens (including phenoxy) is 2. The first kappa shape index (κ1) is 26.8. The molecule has 0 atom stereocenters. The first-order valence-electron chi connectivity index (χ1n) is 10.8. The van der Waals surface area contributed by atoms with Crippen molar-refractivity contribution in [3.8, 4) is 11.5 Å². The molecule has 192 valence electrons. The minimum Gasteiger partial charge on any atom is -0.497 e. The summed E-state index contributed by atoms with van der Waals surface area (Å²) in [7, 11) is -6.10. The molecule has 36 heavy (non-hydrogen) atoms. The van der Waals surface area contributed by atoms with E-state index in [2.05, 4.69) is 10.0 Å². The van der Waals surface area contributed by atoms with Crippen molar-refractivity contribution in [2.24, 2.45) is 0 Å². The van der Waals surface area contributed by atoms with E-state index in [1.807, 2.05) is 6.92 Å². The molecule has 0 spiro atoms. The fourth-order valence-electron chi connectivity index (χ4n) is 3.20. The Balaban J connectivity index is 1.68. The quantitative estimate of drug-likeness (QED) is 0.387. The number of nitrogens with one attached hydrogen (secondary N) is 2. The minimum absolute atomic E-state index is 0.0107. The van der Waals surface area contributed by atoms with Crippen molar-refractivity contribution in [1.29, 1.82) is 0 Å². The summed E-state index contributed by atoms with van der Waals surface area (Å²) in [5, 5.41) is 2.59. The maximum atomic E-state index is 12.7. The number of anilines is 3. The van der Waals surface area contributed by atoms with Gasteiger partial charge in [0.15, 0.2) is 0 Å². The molecule has 0 aliphatic carbocycles. The van der Waals surface area contributed by atoms with Crippen LogP contribution in [0.3, 0.4) is 0 Å². The van der Waals surface area contributed by atoms with Crippen LogP contribution in [0.15, 0.2) is 77.7 Å². The van der Waals surface area contributed by atoms with Crippen molar-refractivity contribution in [3.63, 3.8) is 0 Å². The molecule has 0 aliphatic heterocycles. The lowest BCUT2D eigenvalue weighted by molar-refractivity contribution is -0.114. The van der Waals surface area contributed by atoms with Crippen molar-refractivity contribution in [2.45, 2.75) is 11.8 Å². The molecule has 10 nitrogen and oxygen atoms in total. The molecule has 2 N–H and O–H groups in total. The largest absolute Gasteiger partial charge is 0.497 e. The molecule has 3 aromatic rings. The van der Waals surface area contributed by atoms with Gasteiger partial charge in [0.2, 0.25) is 15.9 Å². The van der Waals surface area contributed by atoms with Crippen LogP contribution in [0.2, 0.25) is 0 Å². The average Bonchev–Trinajstić information content (AvgIpc) is 2.83. The van der Waals surface area contributed by atoms with Gasteiger partial charge in [-0.15, -0.1) is 0 Å². The highest BCUT2D eigenvalue weighted by Gasteiger charge is 2.21. The number of amides is 1.